The lowest BCUT2D eigenvalue weighted by molar-refractivity contribution is 0.0699. The molecular weight excluding hydrogens is 361 g/mol. The zero-order valence-corrected chi connectivity index (χ0v) is 13.4. The first-order chi connectivity index (χ1) is 11.0. The van der Waals surface area contributed by atoms with Gasteiger partial charge in [0.2, 0.25) is 0 Å². The number of hydrogen-bond acceptors (Lipinski definition) is 2. The summed E-state index contributed by atoms with van der Waals surface area (Å²) in [6.45, 7) is 0. The molecule has 0 fully saturated rings. The Balaban J connectivity index is 2.06. The standard InChI is InChI=1S/C18H11BrFNO2/c19-12-7-5-11(16(20)9-12)6-8-13-10-15(18(22)23)14-3-1-2-4-17(14)21-13/h1-10H,(H,22,23)/b8-6+. The van der Waals surface area contributed by atoms with Crippen LogP contribution >= 0.6 is 15.9 Å². The van der Waals surface area contributed by atoms with Gasteiger partial charge in [-0.15, -0.1) is 0 Å². The molecule has 2 aromatic carbocycles. The van der Waals surface area contributed by atoms with Crippen molar-refractivity contribution in [1.29, 1.82) is 0 Å². The molecule has 0 unspecified atom stereocenters. The number of halogens is 2. The quantitative estimate of drug-likeness (QED) is 0.704. The Labute approximate surface area is 140 Å². The van der Waals surface area contributed by atoms with Crippen LogP contribution in [0.5, 0.6) is 0 Å². The summed E-state index contributed by atoms with van der Waals surface area (Å²) in [4.78, 5) is 15.8. The first-order valence-electron chi connectivity index (χ1n) is 6.81. The van der Waals surface area contributed by atoms with E-state index < -0.39 is 5.97 Å². The molecule has 0 aliphatic heterocycles. The third kappa shape index (κ3) is 3.29. The van der Waals surface area contributed by atoms with Crippen LogP contribution in [0, 0.1) is 5.82 Å². The number of aromatic carboxylic acids is 1. The topological polar surface area (TPSA) is 50.2 Å². The van der Waals surface area contributed by atoms with Gasteiger partial charge in [-0.2, -0.15) is 0 Å². The van der Waals surface area contributed by atoms with Gasteiger partial charge >= 0.3 is 5.97 Å². The number of carbonyl (C=O) groups is 1. The van der Waals surface area contributed by atoms with Gasteiger partial charge in [-0.1, -0.05) is 40.2 Å². The molecule has 1 aromatic heterocycles. The van der Waals surface area contributed by atoms with E-state index in [1.54, 1.807) is 48.6 Å². The number of fused-ring (bicyclic) bond motifs is 1. The third-order valence-corrected chi connectivity index (χ3v) is 3.86. The molecule has 0 atom stereocenters. The fourth-order valence-corrected chi connectivity index (χ4v) is 2.60. The molecule has 23 heavy (non-hydrogen) atoms. The summed E-state index contributed by atoms with van der Waals surface area (Å²) < 4.78 is 14.5. The van der Waals surface area contributed by atoms with Crippen LogP contribution in [-0.2, 0) is 0 Å². The van der Waals surface area contributed by atoms with E-state index >= 15 is 0 Å². The summed E-state index contributed by atoms with van der Waals surface area (Å²) in [7, 11) is 0. The summed E-state index contributed by atoms with van der Waals surface area (Å²) in [6, 6.07) is 13.3. The minimum Gasteiger partial charge on any atom is -0.478 e. The zero-order chi connectivity index (χ0) is 16.4. The van der Waals surface area contributed by atoms with Crippen molar-refractivity contribution in [3.05, 3.63) is 75.6 Å². The minimum absolute atomic E-state index is 0.173. The molecule has 0 aliphatic carbocycles. The van der Waals surface area contributed by atoms with Gasteiger partial charge in [0.15, 0.2) is 0 Å². The summed E-state index contributed by atoms with van der Waals surface area (Å²) in [5.74, 6) is -1.39. The molecule has 1 heterocycles. The molecule has 0 amide bonds. The Morgan fingerprint density at radius 1 is 1.13 bits per heavy atom. The number of carboxylic acids is 1. The van der Waals surface area contributed by atoms with Crippen LogP contribution in [-0.4, -0.2) is 16.1 Å². The van der Waals surface area contributed by atoms with E-state index in [2.05, 4.69) is 20.9 Å². The molecule has 3 nitrogen and oxygen atoms in total. The normalized spacial score (nSPS) is 11.2. The Morgan fingerprint density at radius 2 is 1.91 bits per heavy atom. The number of carboxylic acid groups (broad SMARTS) is 1. The van der Waals surface area contributed by atoms with Crippen molar-refractivity contribution in [2.45, 2.75) is 0 Å². The molecule has 3 aromatic rings. The molecule has 5 heteroatoms. The van der Waals surface area contributed by atoms with Crippen molar-refractivity contribution < 1.29 is 14.3 Å². The van der Waals surface area contributed by atoms with Gasteiger partial charge in [-0.25, -0.2) is 14.2 Å². The van der Waals surface area contributed by atoms with Crippen LogP contribution in [0.3, 0.4) is 0 Å². The lowest BCUT2D eigenvalue weighted by Crippen LogP contribution is -2.00. The first kappa shape index (κ1) is 15.4. The Bertz CT molecular complexity index is 937. The van der Waals surface area contributed by atoms with E-state index in [1.807, 2.05) is 0 Å². The van der Waals surface area contributed by atoms with E-state index in [4.69, 9.17) is 0 Å². The van der Waals surface area contributed by atoms with Crippen LogP contribution in [0.25, 0.3) is 23.1 Å². The number of aromatic nitrogens is 1. The van der Waals surface area contributed by atoms with Gasteiger partial charge in [-0.05, 0) is 36.4 Å². The molecule has 0 aliphatic rings. The Hall–Kier alpha value is -2.53. The van der Waals surface area contributed by atoms with E-state index in [0.717, 1.165) is 0 Å². The minimum atomic E-state index is -1.02. The summed E-state index contributed by atoms with van der Waals surface area (Å²) >= 11 is 3.20. The lowest BCUT2D eigenvalue weighted by atomic mass is 10.1. The van der Waals surface area contributed by atoms with Crippen molar-refractivity contribution in [1.82, 2.24) is 4.98 Å². The van der Waals surface area contributed by atoms with Gasteiger partial charge in [0, 0.05) is 15.4 Å². The summed E-state index contributed by atoms with van der Waals surface area (Å²) in [6.07, 6.45) is 3.18. The van der Waals surface area contributed by atoms with Gasteiger partial charge in [0.1, 0.15) is 5.82 Å². The second-order valence-corrected chi connectivity index (χ2v) is 5.83. The van der Waals surface area contributed by atoms with Gasteiger partial charge in [0.05, 0.1) is 16.8 Å². The Morgan fingerprint density at radius 3 is 2.65 bits per heavy atom. The smallest absolute Gasteiger partial charge is 0.336 e. The molecule has 0 spiro atoms. The SMILES string of the molecule is O=C(O)c1cc(/C=C/c2ccc(Br)cc2F)nc2ccccc12. The summed E-state index contributed by atoms with van der Waals surface area (Å²) in [5, 5.41) is 9.93. The van der Waals surface area contributed by atoms with Crippen molar-refractivity contribution in [2.75, 3.05) is 0 Å². The van der Waals surface area contributed by atoms with Crippen molar-refractivity contribution >= 4 is 45.0 Å². The number of pyridine rings is 1. The second-order valence-electron chi connectivity index (χ2n) is 4.92. The molecule has 0 radical (unpaired) electrons. The van der Waals surface area contributed by atoms with Crippen molar-refractivity contribution in [2.24, 2.45) is 0 Å². The number of para-hydroxylation sites is 1. The fourth-order valence-electron chi connectivity index (χ4n) is 2.27. The fraction of sp³-hybridized carbons (Fsp3) is 0. The predicted molar refractivity (Wildman–Crippen MR) is 91.7 cm³/mol. The van der Waals surface area contributed by atoms with E-state index in [1.165, 1.54) is 12.1 Å². The first-order valence-corrected chi connectivity index (χ1v) is 7.60. The maximum absolute atomic E-state index is 13.8. The van der Waals surface area contributed by atoms with Gasteiger partial charge in [0.25, 0.3) is 0 Å². The van der Waals surface area contributed by atoms with E-state index in [0.29, 0.717) is 26.6 Å². The average molecular weight is 372 g/mol. The molecule has 0 saturated carbocycles. The van der Waals surface area contributed by atoms with Crippen molar-refractivity contribution in [3.8, 4) is 0 Å². The second kappa shape index (κ2) is 6.30. The monoisotopic (exact) mass is 371 g/mol. The highest BCUT2D eigenvalue weighted by atomic mass is 79.9. The van der Waals surface area contributed by atoms with Gasteiger partial charge < -0.3 is 5.11 Å². The zero-order valence-electron chi connectivity index (χ0n) is 11.8. The van der Waals surface area contributed by atoms with Crippen LogP contribution in [0.1, 0.15) is 21.6 Å². The van der Waals surface area contributed by atoms with E-state index in [9.17, 15) is 14.3 Å². The Kier molecular flexibility index (Phi) is 4.21. The molecule has 1 N–H and O–H groups in total. The molecular formula is C18H11BrFNO2. The van der Waals surface area contributed by atoms with E-state index in [-0.39, 0.29) is 11.4 Å². The largest absolute Gasteiger partial charge is 0.478 e. The average Bonchev–Trinajstić information content (AvgIpc) is 2.53. The van der Waals surface area contributed by atoms with Crippen LogP contribution in [0.15, 0.2) is 53.0 Å². The maximum Gasteiger partial charge on any atom is 0.336 e. The predicted octanol–water partition coefficient (Wildman–Crippen LogP) is 5.01. The number of hydrogen-bond donors (Lipinski definition) is 1. The molecule has 0 saturated heterocycles. The number of benzene rings is 2. The lowest BCUT2D eigenvalue weighted by Gasteiger charge is -2.04. The molecule has 3 rings (SSSR count). The maximum atomic E-state index is 13.8. The van der Waals surface area contributed by atoms with Crippen LogP contribution in [0.2, 0.25) is 0 Å². The highest BCUT2D eigenvalue weighted by molar-refractivity contribution is 9.10. The van der Waals surface area contributed by atoms with Crippen molar-refractivity contribution in [3.63, 3.8) is 0 Å². The van der Waals surface area contributed by atoms with Gasteiger partial charge in [-0.3, -0.25) is 0 Å². The summed E-state index contributed by atoms with van der Waals surface area (Å²) in [5.41, 5.74) is 1.62. The third-order valence-electron chi connectivity index (χ3n) is 3.36. The molecule has 114 valence electrons. The highest BCUT2D eigenvalue weighted by Crippen LogP contribution is 2.21. The van der Waals surface area contributed by atoms with Crippen LogP contribution in [0.4, 0.5) is 4.39 Å². The molecule has 0 bridgehead atoms. The number of rotatable bonds is 3. The van der Waals surface area contributed by atoms with Crippen LogP contribution < -0.4 is 0 Å². The number of nitrogens with zero attached hydrogens (tertiary/aromatic N) is 1. The highest BCUT2D eigenvalue weighted by Gasteiger charge is 2.10.